The second kappa shape index (κ2) is 5.25. The molecule has 23 heavy (non-hydrogen) atoms. The predicted octanol–water partition coefficient (Wildman–Crippen LogP) is 3.85. The van der Waals surface area contributed by atoms with Crippen LogP contribution in [0.3, 0.4) is 0 Å². The summed E-state index contributed by atoms with van der Waals surface area (Å²) in [6.45, 7) is 0. The maximum Gasteiger partial charge on any atom is 0.261 e. The Labute approximate surface area is 144 Å². The highest BCUT2D eigenvalue weighted by Gasteiger charge is 2.26. The van der Waals surface area contributed by atoms with Gasteiger partial charge in [0.1, 0.15) is 11.4 Å². The monoisotopic (exact) mass is 413 g/mol. The topological polar surface area (TPSA) is 86.0 Å². The molecular weight excluding hydrogens is 406 g/mol. The number of hydrogen-bond donors (Lipinski definition) is 0. The van der Waals surface area contributed by atoms with Gasteiger partial charge in [-0.25, -0.2) is 8.42 Å². The summed E-state index contributed by atoms with van der Waals surface area (Å²) >= 11 is 3.27. The summed E-state index contributed by atoms with van der Waals surface area (Å²) in [5.41, 5.74) is 2.34. The van der Waals surface area contributed by atoms with Gasteiger partial charge in [-0.2, -0.15) is 5.10 Å². The maximum absolute atomic E-state index is 11.6. The Balaban J connectivity index is 1.87. The Kier molecular flexibility index (Phi) is 3.44. The first-order valence-electron chi connectivity index (χ1n) is 6.81. The van der Waals surface area contributed by atoms with Gasteiger partial charge in [0.15, 0.2) is 5.58 Å². The van der Waals surface area contributed by atoms with E-state index in [4.69, 9.17) is 15.2 Å². The van der Waals surface area contributed by atoms with Gasteiger partial charge in [0.25, 0.3) is 9.05 Å². The van der Waals surface area contributed by atoms with E-state index in [0.717, 1.165) is 18.5 Å². The second-order valence-corrected chi connectivity index (χ2v) is 8.79. The van der Waals surface area contributed by atoms with Crippen molar-refractivity contribution < 1.29 is 12.9 Å². The molecule has 1 aromatic carbocycles. The van der Waals surface area contributed by atoms with Gasteiger partial charge in [0.05, 0.1) is 20.4 Å². The molecule has 0 bridgehead atoms. The Bertz CT molecular complexity index is 1010. The summed E-state index contributed by atoms with van der Waals surface area (Å²) in [6, 6.07) is 6.53. The lowest BCUT2D eigenvalue weighted by atomic mass is 10.1. The molecule has 1 fully saturated rings. The zero-order chi connectivity index (χ0) is 16.2. The fourth-order valence-electron chi connectivity index (χ4n) is 2.37. The number of fused-ring (bicyclic) bond motifs is 1. The van der Waals surface area contributed by atoms with E-state index in [0.29, 0.717) is 32.7 Å². The minimum Gasteiger partial charge on any atom is -0.354 e. The third-order valence-corrected chi connectivity index (χ3v) is 5.63. The molecule has 1 aliphatic carbocycles. The standard InChI is InChI=1S/C14H9BrClN3O3S/c15-10-6-8(23(16,20)21)5-9-13(19-22-14(9)10)12-4-3-11(17-18-12)7-1-2-7/h3-7H,1-2H2. The van der Waals surface area contributed by atoms with Crippen LogP contribution in [0, 0.1) is 0 Å². The molecule has 0 amide bonds. The Morgan fingerprint density at radius 1 is 1.22 bits per heavy atom. The van der Waals surface area contributed by atoms with Crippen LogP contribution in [0.4, 0.5) is 0 Å². The fraction of sp³-hybridized carbons (Fsp3) is 0.214. The molecule has 0 N–H and O–H groups in total. The van der Waals surface area contributed by atoms with Crippen LogP contribution in [0.2, 0.25) is 0 Å². The Morgan fingerprint density at radius 2 is 2.00 bits per heavy atom. The maximum atomic E-state index is 11.6. The quantitative estimate of drug-likeness (QED) is 0.605. The van der Waals surface area contributed by atoms with E-state index in [1.54, 1.807) is 0 Å². The normalized spacial score (nSPS) is 15.2. The number of benzene rings is 1. The number of aromatic nitrogens is 3. The zero-order valence-corrected chi connectivity index (χ0v) is 14.7. The van der Waals surface area contributed by atoms with Crippen LogP contribution in [0.15, 0.2) is 38.2 Å². The van der Waals surface area contributed by atoms with Crippen molar-refractivity contribution in [1.82, 2.24) is 15.4 Å². The fourth-order valence-corrected chi connectivity index (χ4v) is 3.84. The molecule has 2 heterocycles. The molecule has 3 aromatic rings. The average Bonchev–Trinajstić information content (AvgIpc) is 3.26. The van der Waals surface area contributed by atoms with Crippen LogP contribution >= 0.6 is 26.6 Å². The van der Waals surface area contributed by atoms with Crippen LogP contribution in [-0.4, -0.2) is 23.8 Å². The number of hydrogen-bond acceptors (Lipinski definition) is 6. The zero-order valence-electron chi connectivity index (χ0n) is 11.5. The van der Waals surface area contributed by atoms with Gasteiger partial charge in [-0.05, 0) is 53.0 Å². The minimum atomic E-state index is -3.87. The van der Waals surface area contributed by atoms with Gasteiger partial charge in [0, 0.05) is 16.6 Å². The van der Waals surface area contributed by atoms with Gasteiger partial charge in [-0.1, -0.05) is 5.16 Å². The highest BCUT2D eigenvalue weighted by molar-refractivity contribution is 9.10. The van der Waals surface area contributed by atoms with Gasteiger partial charge in [-0.15, -0.1) is 5.10 Å². The van der Waals surface area contributed by atoms with E-state index < -0.39 is 9.05 Å². The third kappa shape index (κ3) is 2.75. The van der Waals surface area contributed by atoms with E-state index in [1.807, 2.05) is 12.1 Å². The smallest absolute Gasteiger partial charge is 0.261 e. The Morgan fingerprint density at radius 3 is 2.61 bits per heavy atom. The van der Waals surface area contributed by atoms with Crippen LogP contribution < -0.4 is 0 Å². The SMILES string of the molecule is O=S(=O)(Cl)c1cc(Br)c2onc(-c3ccc(C4CC4)nn3)c2c1. The predicted molar refractivity (Wildman–Crippen MR) is 87.7 cm³/mol. The van der Waals surface area contributed by atoms with Crippen molar-refractivity contribution in [3.63, 3.8) is 0 Å². The minimum absolute atomic E-state index is 0.0365. The summed E-state index contributed by atoms with van der Waals surface area (Å²) in [6.07, 6.45) is 2.29. The molecule has 0 spiro atoms. The second-order valence-electron chi connectivity index (χ2n) is 5.37. The van der Waals surface area contributed by atoms with Crippen LogP contribution in [0.5, 0.6) is 0 Å². The van der Waals surface area contributed by atoms with Crippen molar-refractivity contribution in [2.75, 3.05) is 0 Å². The third-order valence-electron chi connectivity index (χ3n) is 3.71. The molecule has 0 radical (unpaired) electrons. The summed E-state index contributed by atoms with van der Waals surface area (Å²) in [5, 5.41) is 12.9. The van der Waals surface area contributed by atoms with E-state index in [-0.39, 0.29) is 4.90 Å². The van der Waals surface area contributed by atoms with E-state index >= 15 is 0 Å². The molecule has 0 atom stereocenters. The lowest BCUT2D eigenvalue weighted by molar-refractivity contribution is 0.457. The van der Waals surface area contributed by atoms with Crippen molar-refractivity contribution in [1.29, 1.82) is 0 Å². The molecule has 1 saturated carbocycles. The number of nitrogens with zero attached hydrogens (tertiary/aromatic N) is 3. The Hall–Kier alpha value is -1.51. The molecule has 118 valence electrons. The lowest BCUT2D eigenvalue weighted by Gasteiger charge is -2.00. The van der Waals surface area contributed by atoms with Crippen molar-refractivity contribution in [2.45, 2.75) is 23.7 Å². The average molecular weight is 415 g/mol. The van der Waals surface area contributed by atoms with E-state index in [2.05, 4.69) is 31.3 Å². The van der Waals surface area contributed by atoms with E-state index in [1.165, 1.54) is 12.1 Å². The van der Waals surface area contributed by atoms with Crippen molar-refractivity contribution in [2.24, 2.45) is 0 Å². The van der Waals surface area contributed by atoms with Gasteiger partial charge in [-0.3, -0.25) is 0 Å². The number of halogens is 2. The molecular formula is C14H9BrClN3O3S. The first kappa shape index (κ1) is 15.0. The first-order valence-corrected chi connectivity index (χ1v) is 9.91. The summed E-state index contributed by atoms with van der Waals surface area (Å²) < 4.78 is 28.9. The van der Waals surface area contributed by atoms with Crippen LogP contribution in [0.1, 0.15) is 24.5 Å². The molecule has 1 aliphatic rings. The first-order chi connectivity index (χ1) is 10.9. The summed E-state index contributed by atoms with van der Waals surface area (Å²) in [5.74, 6) is 0.507. The van der Waals surface area contributed by atoms with Crippen molar-refractivity contribution in [3.8, 4) is 11.4 Å². The highest BCUT2D eigenvalue weighted by Crippen LogP contribution is 2.39. The molecule has 9 heteroatoms. The van der Waals surface area contributed by atoms with Crippen molar-refractivity contribution >= 4 is 46.6 Å². The molecule has 0 aliphatic heterocycles. The van der Waals surface area contributed by atoms with E-state index in [9.17, 15) is 8.42 Å². The summed E-state index contributed by atoms with van der Waals surface area (Å²) in [7, 11) is 1.56. The molecule has 0 saturated heterocycles. The van der Waals surface area contributed by atoms with Gasteiger partial charge < -0.3 is 4.52 Å². The largest absolute Gasteiger partial charge is 0.354 e. The van der Waals surface area contributed by atoms with Crippen LogP contribution in [0.25, 0.3) is 22.4 Å². The summed E-state index contributed by atoms with van der Waals surface area (Å²) in [4.78, 5) is -0.0365. The van der Waals surface area contributed by atoms with Gasteiger partial charge >= 0.3 is 0 Å². The molecule has 0 unspecified atom stereocenters. The van der Waals surface area contributed by atoms with Crippen LogP contribution in [-0.2, 0) is 9.05 Å². The van der Waals surface area contributed by atoms with Crippen molar-refractivity contribution in [3.05, 3.63) is 34.4 Å². The molecule has 2 aromatic heterocycles. The lowest BCUT2D eigenvalue weighted by Crippen LogP contribution is -1.94. The highest BCUT2D eigenvalue weighted by atomic mass is 79.9. The number of rotatable bonds is 3. The molecule has 6 nitrogen and oxygen atoms in total. The van der Waals surface area contributed by atoms with Gasteiger partial charge in [0.2, 0.25) is 0 Å². The molecule has 4 rings (SSSR count).